The van der Waals surface area contributed by atoms with Gasteiger partial charge < -0.3 is 31.3 Å². The number of amides is 5. The molecule has 1 saturated heterocycles. The third-order valence-corrected chi connectivity index (χ3v) is 5.95. The summed E-state index contributed by atoms with van der Waals surface area (Å²) in [4.78, 5) is 52.7. The molecule has 0 aliphatic carbocycles. The van der Waals surface area contributed by atoms with Crippen LogP contribution in [0.2, 0.25) is 0 Å². The summed E-state index contributed by atoms with van der Waals surface area (Å²) in [6.45, 7) is 3.82. The Hall–Kier alpha value is -4.34. The van der Waals surface area contributed by atoms with E-state index in [1.54, 1.807) is 38.1 Å². The standard InChI is InChI=1S/C27H33N5O5/c1-17(2)14-23(33)32-13-12-21(31-27(36)29-19-10-7-11-20(16-19)37-3)24(32)26(35)30-22(25(28)34)15-18-8-5-4-6-9-18/h4-11,14,16,21-22,24H,12-13,15H2,1-3H3,(H2,28,34)(H,30,35)(H2,29,31,36). The van der Waals surface area contributed by atoms with Crippen molar-refractivity contribution in [3.8, 4) is 5.75 Å². The van der Waals surface area contributed by atoms with E-state index in [9.17, 15) is 19.2 Å². The Balaban J connectivity index is 1.78. The van der Waals surface area contributed by atoms with Crippen LogP contribution < -0.4 is 26.4 Å². The zero-order valence-electron chi connectivity index (χ0n) is 21.2. The molecule has 1 aliphatic rings. The van der Waals surface area contributed by atoms with Gasteiger partial charge in [0.2, 0.25) is 17.7 Å². The largest absolute Gasteiger partial charge is 0.497 e. The lowest BCUT2D eigenvalue weighted by Gasteiger charge is -2.28. The molecule has 1 heterocycles. The zero-order valence-corrected chi connectivity index (χ0v) is 21.2. The van der Waals surface area contributed by atoms with Gasteiger partial charge >= 0.3 is 6.03 Å². The average molecular weight is 508 g/mol. The molecule has 0 spiro atoms. The molecular formula is C27H33N5O5. The Morgan fingerprint density at radius 1 is 1.11 bits per heavy atom. The van der Waals surface area contributed by atoms with Gasteiger partial charge in [-0.25, -0.2) is 4.79 Å². The van der Waals surface area contributed by atoms with Crippen LogP contribution in [0.4, 0.5) is 10.5 Å². The molecule has 2 aromatic carbocycles. The average Bonchev–Trinajstić information content (AvgIpc) is 3.27. The molecule has 0 saturated carbocycles. The normalized spacial score (nSPS) is 17.3. The lowest BCUT2D eigenvalue weighted by molar-refractivity contribution is -0.137. The summed E-state index contributed by atoms with van der Waals surface area (Å²) in [5, 5.41) is 8.22. The number of nitrogens with zero attached hydrogens (tertiary/aromatic N) is 1. The van der Waals surface area contributed by atoms with E-state index in [2.05, 4.69) is 16.0 Å². The number of carbonyl (C=O) groups is 4. The van der Waals surface area contributed by atoms with E-state index in [4.69, 9.17) is 10.5 Å². The molecule has 1 aliphatic heterocycles. The predicted molar refractivity (Wildman–Crippen MR) is 140 cm³/mol. The third-order valence-electron chi connectivity index (χ3n) is 5.95. The number of nitrogens with one attached hydrogen (secondary N) is 3. The monoisotopic (exact) mass is 507 g/mol. The Morgan fingerprint density at radius 2 is 1.84 bits per heavy atom. The van der Waals surface area contributed by atoms with Gasteiger partial charge in [-0.2, -0.15) is 0 Å². The topological polar surface area (TPSA) is 143 Å². The fraction of sp³-hybridized carbons (Fsp3) is 0.333. The quantitative estimate of drug-likeness (QED) is 0.384. The predicted octanol–water partition coefficient (Wildman–Crippen LogP) is 1.97. The van der Waals surface area contributed by atoms with Gasteiger partial charge in [0.25, 0.3) is 0 Å². The van der Waals surface area contributed by atoms with Crippen LogP contribution >= 0.6 is 0 Å². The fourth-order valence-corrected chi connectivity index (χ4v) is 4.21. The van der Waals surface area contributed by atoms with Crippen molar-refractivity contribution in [3.05, 3.63) is 71.8 Å². The number of rotatable bonds is 9. The number of hydrogen-bond acceptors (Lipinski definition) is 5. The minimum absolute atomic E-state index is 0.199. The van der Waals surface area contributed by atoms with Gasteiger partial charge in [-0.05, 0) is 38.0 Å². The molecule has 10 heteroatoms. The highest BCUT2D eigenvalue weighted by Gasteiger charge is 2.43. The molecule has 3 unspecified atom stereocenters. The van der Waals surface area contributed by atoms with Crippen molar-refractivity contribution in [1.29, 1.82) is 0 Å². The van der Waals surface area contributed by atoms with Gasteiger partial charge in [-0.15, -0.1) is 0 Å². The molecule has 37 heavy (non-hydrogen) atoms. The molecule has 5 N–H and O–H groups in total. The molecule has 0 aromatic heterocycles. The highest BCUT2D eigenvalue weighted by molar-refractivity contribution is 5.97. The van der Waals surface area contributed by atoms with E-state index < -0.39 is 36.0 Å². The maximum atomic E-state index is 13.5. The maximum absolute atomic E-state index is 13.5. The number of allylic oxidation sites excluding steroid dienone is 1. The molecular weight excluding hydrogens is 474 g/mol. The van der Waals surface area contributed by atoms with Crippen molar-refractivity contribution in [1.82, 2.24) is 15.5 Å². The first-order valence-electron chi connectivity index (χ1n) is 12.0. The lowest BCUT2D eigenvalue weighted by Crippen LogP contribution is -2.58. The second-order valence-corrected chi connectivity index (χ2v) is 9.08. The van der Waals surface area contributed by atoms with Crippen LogP contribution in [0.15, 0.2) is 66.2 Å². The Morgan fingerprint density at radius 3 is 2.49 bits per heavy atom. The highest BCUT2D eigenvalue weighted by Crippen LogP contribution is 2.21. The van der Waals surface area contributed by atoms with E-state index in [1.165, 1.54) is 18.1 Å². The summed E-state index contributed by atoms with van der Waals surface area (Å²) in [5.41, 5.74) is 7.68. The number of methoxy groups -OCH3 is 1. The summed E-state index contributed by atoms with van der Waals surface area (Å²) in [5.74, 6) is -1.04. The van der Waals surface area contributed by atoms with Gasteiger partial charge in [0.05, 0.1) is 13.2 Å². The second-order valence-electron chi connectivity index (χ2n) is 9.08. The minimum atomic E-state index is -1.03. The van der Waals surface area contributed by atoms with Gasteiger partial charge in [0, 0.05) is 30.8 Å². The molecule has 10 nitrogen and oxygen atoms in total. The lowest BCUT2D eigenvalue weighted by atomic mass is 10.0. The molecule has 196 valence electrons. The molecule has 2 aromatic rings. The van der Waals surface area contributed by atoms with Crippen molar-refractivity contribution < 1.29 is 23.9 Å². The van der Waals surface area contributed by atoms with Crippen LogP contribution in [0.3, 0.4) is 0 Å². The van der Waals surface area contributed by atoms with Gasteiger partial charge in [-0.3, -0.25) is 14.4 Å². The SMILES string of the molecule is COc1cccc(NC(=O)NC2CCN(C(=O)C=C(C)C)C2C(=O)NC(Cc2ccccc2)C(N)=O)c1. The molecule has 3 rings (SSSR count). The highest BCUT2D eigenvalue weighted by atomic mass is 16.5. The number of primary amides is 1. The maximum Gasteiger partial charge on any atom is 0.319 e. The van der Waals surface area contributed by atoms with Crippen molar-refractivity contribution in [2.24, 2.45) is 5.73 Å². The Labute approximate surface area is 216 Å². The summed E-state index contributed by atoms with van der Waals surface area (Å²) in [6, 6.07) is 12.8. The molecule has 0 bridgehead atoms. The van der Waals surface area contributed by atoms with Gasteiger partial charge in [0.1, 0.15) is 17.8 Å². The molecule has 3 atom stereocenters. The number of ether oxygens (including phenoxy) is 1. The van der Waals surface area contributed by atoms with E-state index >= 15 is 0 Å². The van der Waals surface area contributed by atoms with Crippen molar-refractivity contribution in [2.75, 3.05) is 19.0 Å². The number of urea groups is 1. The van der Waals surface area contributed by atoms with Crippen molar-refractivity contribution in [2.45, 2.75) is 44.8 Å². The first-order valence-corrected chi connectivity index (χ1v) is 12.0. The van der Waals surface area contributed by atoms with Crippen molar-refractivity contribution >= 4 is 29.4 Å². The molecule has 0 radical (unpaired) electrons. The molecule has 5 amide bonds. The summed E-state index contributed by atoms with van der Waals surface area (Å²) in [7, 11) is 1.52. The molecule has 1 fully saturated rings. The number of hydrogen-bond donors (Lipinski definition) is 4. The smallest absolute Gasteiger partial charge is 0.319 e. The van der Waals surface area contributed by atoms with E-state index in [0.717, 1.165) is 11.1 Å². The van der Waals surface area contributed by atoms with Crippen molar-refractivity contribution in [3.63, 3.8) is 0 Å². The van der Waals surface area contributed by atoms with E-state index in [-0.39, 0.29) is 18.9 Å². The third kappa shape index (κ3) is 7.57. The van der Waals surface area contributed by atoms with Crippen LogP contribution in [-0.4, -0.2) is 60.4 Å². The minimum Gasteiger partial charge on any atom is -0.497 e. The van der Waals surface area contributed by atoms with Crippen LogP contribution in [0.5, 0.6) is 5.75 Å². The summed E-state index contributed by atoms with van der Waals surface area (Å²) < 4.78 is 5.18. The zero-order chi connectivity index (χ0) is 26.9. The number of carbonyl (C=O) groups excluding carboxylic acids is 4. The number of nitrogens with two attached hydrogens (primary N) is 1. The second kappa shape index (κ2) is 12.6. The van der Waals surface area contributed by atoms with Gasteiger partial charge in [0.15, 0.2) is 0 Å². The summed E-state index contributed by atoms with van der Waals surface area (Å²) in [6.07, 6.45) is 1.99. The summed E-state index contributed by atoms with van der Waals surface area (Å²) >= 11 is 0. The van der Waals surface area contributed by atoms with Crippen LogP contribution in [-0.2, 0) is 20.8 Å². The number of likely N-dealkylation sites (tertiary alicyclic amines) is 1. The van der Waals surface area contributed by atoms with E-state index in [0.29, 0.717) is 17.9 Å². The number of benzene rings is 2. The van der Waals surface area contributed by atoms with Gasteiger partial charge in [-0.1, -0.05) is 42.0 Å². The first-order chi connectivity index (χ1) is 17.7. The first kappa shape index (κ1) is 27.3. The van der Waals surface area contributed by atoms with Crippen LogP contribution in [0, 0.1) is 0 Å². The van der Waals surface area contributed by atoms with Crippen LogP contribution in [0.1, 0.15) is 25.8 Å². The number of anilines is 1. The Kier molecular flexibility index (Phi) is 9.26. The van der Waals surface area contributed by atoms with E-state index in [1.807, 2.05) is 30.3 Å². The van der Waals surface area contributed by atoms with Crippen LogP contribution in [0.25, 0.3) is 0 Å². The Bertz CT molecular complexity index is 1160. The fourth-order valence-electron chi connectivity index (χ4n) is 4.21.